The van der Waals surface area contributed by atoms with E-state index in [9.17, 15) is 0 Å². The van der Waals surface area contributed by atoms with Gasteiger partial charge in [-0.25, -0.2) is 0 Å². The first-order valence-corrected chi connectivity index (χ1v) is 8.61. The van der Waals surface area contributed by atoms with Gasteiger partial charge < -0.3 is 5.32 Å². The summed E-state index contributed by atoms with van der Waals surface area (Å²) in [6.07, 6.45) is 2.26. The molecule has 2 rings (SSSR count). The van der Waals surface area contributed by atoms with Crippen molar-refractivity contribution in [3.63, 3.8) is 0 Å². The average Bonchev–Trinajstić information content (AvgIpc) is 2.90. The molecule has 1 aliphatic heterocycles. The minimum absolute atomic E-state index is 0.593. The van der Waals surface area contributed by atoms with Crippen LogP contribution in [-0.4, -0.2) is 39.9 Å². The highest BCUT2D eigenvalue weighted by Gasteiger charge is 2.28. The lowest BCUT2D eigenvalue weighted by Gasteiger charge is -2.41. The third kappa shape index (κ3) is 3.86. The number of hydrogen-bond donors (Lipinski definition) is 1. The molecule has 21 heavy (non-hydrogen) atoms. The molecule has 0 spiro atoms. The Balaban J connectivity index is 2.07. The number of rotatable bonds is 6. The van der Waals surface area contributed by atoms with Crippen molar-refractivity contribution in [3.05, 3.63) is 17.5 Å². The number of aryl methyl sites for hydroxylation is 2. The van der Waals surface area contributed by atoms with Crippen molar-refractivity contribution in [1.29, 1.82) is 0 Å². The highest BCUT2D eigenvalue weighted by atomic mass is 15.3. The van der Waals surface area contributed by atoms with Crippen molar-refractivity contribution in [2.24, 2.45) is 5.92 Å². The van der Waals surface area contributed by atoms with Crippen LogP contribution in [0.3, 0.4) is 0 Å². The molecule has 1 N–H and O–H groups in total. The summed E-state index contributed by atoms with van der Waals surface area (Å²) in [5.41, 5.74) is 2.58. The van der Waals surface area contributed by atoms with Gasteiger partial charge in [0.25, 0.3) is 0 Å². The monoisotopic (exact) mass is 292 g/mol. The molecule has 1 aromatic heterocycles. The first-order valence-electron chi connectivity index (χ1n) is 8.61. The Bertz CT molecular complexity index is 440. The molecule has 4 heteroatoms. The molecule has 2 heterocycles. The van der Waals surface area contributed by atoms with E-state index in [0.29, 0.717) is 12.1 Å². The lowest BCUT2D eigenvalue weighted by Crippen LogP contribution is -2.57. The first kappa shape index (κ1) is 16.5. The van der Waals surface area contributed by atoms with Gasteiger partial charge in [0.2, 0.25) is 0 Å². The molecule has 3 unspecified atom stereocenters. The molecule has 1 fully saturated rings. The lowest BCUT2D eigenvalue weighted by atomic mass is 9.95. The van der Waals surface area contributed by atoms with Crippen LogP contribution >= 0.6 is 0 Å². The summed E-state index contributed by atoms with van der Waals surface area (Å²) >= 11 is 0. The molecule has 4 nitrogen and oxygen atoms in total. The summed E-state index contributed by atoms with van der Waals surface area (Å²) in [5, 5.41) is 8.40. The topological polar surface area (TPSA) is 33.1 Å². The van der Waals surface area contributed by atoms with Crippen molar-refractivity contribution in [1.82, 2.24) is 20.0 Å². The number of hydrogen-bond acceptors (Lipinski definition) is 3. The summed E-state index contributed by atoms with van der Waals surface area (Å²) in [6.45, 7) is 15.6. The van der Waals surface area contributed by atoms with Gasteiger partial charge in [0.05, 0.1) is 11.4 Å². The molecule has 0 aromatic carbocycles. The van der Waals surface area contributed by atoms with E-state index in [2.05, 4.69) is 60.7 Å². The lowest BCUT2D eigenvalue weighted by molar-refractivity contribution is 0.109. The molecule has 0 radical (unpaired) electrons. The van der Waals surface area contributed by atoms with Crippen LogP contribution in [0.15, 0.2) is 6.07 Å². The van der Waals surface area contributed by atoms with Crippen LogP contribution in [0.4, 0.5) is 0 Å². The van der Waals surface area contributed by atoms with E-state index < -0.39 is 0 Å². The predicted molar refractivity (Wildman–Crippen MR) is 88.4 cm³/mol. The molecule has 3 atom stereocenters. The molecule has 0 aliphatic carbocycles. The number of nitrogens with one attached hydrogen (secondary N) is 1. The minimum Gasteiger partial charge on any atom is -0.311 e. The molecule has 0 bridgehead atoms. The highest BCUT2D eigenvalue weighted by Crippen LogP contribution is 2.18. The summed E-state index contributed by atoms with van der Waals surface area (Å²) < 4.78 is 2.17. The van der Waals surface area contributed by atoms with E-state index in [1.54, 1.807) is 0 Å². The first-order chi connectivity index (χ1) is 10.1. The Kier molecular flexibility index (Phi) is 5.82. The van der Waals surface area contributed by atoms with E-state index in [0.717, 1.165) is 38.5 Å². The quantitative estimate of drug-likeness (QED) is 0.875. The largest absolute Gasteiger partial charge is 0.311 e. The fraction of sp³-hybridized carbons (Fsp3) is 0.824. The van der Waals surface area contributed by atoms with Gasteiger partial charge in [-0.1, -0.05) is 27.2 Å². The molecule has 1 saturated heterocycles. The predicted octanol–water partition coefficient (Wildman–Crippen LogP) is 2.67. The second-order valence-corrected chi connectivity index (χ2v) is 6.48. The van der Waals surface area contributed by atoms with Crippen LogP contribution in [0.25, 0.3) is 0 Å². The van der Waals surface area contributed by atoms with Gasteiger partial charge in [0.1, 0.15) is 0 Å². The van der Waals surface area contributed by atoms with Crippen molar-refractivity contribution in [3.8, 4) is 0 Å². The molecular formula is C17H32N4. The van der Waals surface area contributed by atoms with Gasteiger partial charge in [-0.3, -0.25) is 9.58 Å². The van der Waals surface area contributed by atoms with Crippen molar-refractivity contribution in [2.75, 3.05) is 13.1 Å². The highest BCUT2D eigenvalue weighted by molar-refractivity contribution is 5.11. The third-order valence-corrected chi connectivity index (χ3v) is 5.00. The summed E-state index contributed by atoms with van der Waals surface area (Å²) in [6, 6.07) is 3.50. The summed E-state index contributed by atoms with van der Waals surface area (Å²) in [4.78, 5) is 2.62. The Morgan fingerprint density at radius 1 is 1.38 bits per heavy atom. The zero-order valence-corrected chi connectivity index (χ0v) is 14.4. The Morgan fingerprint density at radius 2 is 2.14 bits per heavy atom. The minimum atomic E-state index is 0.593. The van der Waals surface area contributed by atoms with Gasteiger partial charge in [-0.2, -0.15) is 5.10 Å². The normalized spacial score (nSPS) is 25.2. The van der Waals surface area contributed by atoms with E-state index in [1.165, 1.54) is 17.8 Å². The van der Waals surface area contributed by atoms with Crippen molar-refractivity contribution >= 4 is 0 Å². The van der Waals surface area contributed by atoms with Crippen LogP contribution in [0.5, 0.6) is 0 Å². The molecule has 1 aromatic rings. The van der Waals surface area contributed by atoms with Gasteiger partial charge in [-0.15, -0.1) is 0 Å². The molecule has 0 amide bonds. The molecule has 0 saturated carbocycles. The third-order valence-electron chi connectivity index (χ3n) is 5.00. The number of piperazine rings is 1. The van der Waals surface area contributed by atoms with E-state index >= 15 is 0 Å². The summed E-state index contributed by atoms with van der Waals surface area (Å²) in [7, 11) is 0. The molecular weight excluding hydrogens is 260 g/mol. The Morgan fingerprint density at radius 3 is 2.76 bits per heavy atom. The SMILES string of the molecule is CCc1cc(CN2CC(C(C)CC)NCC2C)n(CC)n1. The smallest absolute Gasteiger partial charge is 0.0625 e. The maximum absolute atomic E-state index is 4.68. The van der Waals surface area contributed by atoms with Gasteiger partial charge in [-0.05, 0) is 32.3 Å². The zero-order chi connectivity index (χ0) is 15.4. The van der Waals surface area contributed by atoms with Crippen LogP contribution in [0.1, 0.15) is 52.4 Å². The standard InChI is InChI=1S/C17H32N4/c1-6-13(4)17-12-20(14(5)10-18-17)11-16-9-15(7-2)19-21(16)8-3/h9,13-14,17-18H,6-8,10-12H2,1-5H3. The van der Waals surface area contributed by atoms with Crippen LogP contribution in [0, 0.1) is 5.92 Å². The fourth-order valence-electron chi connectivity index (χ4n) is 3.13. The van der Waals surface area contributed by atoms with Crippen LogP contribution in [0.2, 0.25) is 0 Å². The number of aromatic nitrogens is 2. The van der Waals surface area contributed by atoms with Crippen molar-refractivity contribution in [2.45, 2.75) is 72.6 Å². The van der Waals surface area contributed by atoms with Crippen LogP contribution < -0.4 is 5.32 Å². The molecule has 120 valence electrons. The Labute approximate surface area is 129 Å². The Hall–Kier alpha value is -0.870. The van der Waals surface area contributed by atoms with Crippen LogP contribution in [-0.2, 0) is 19.5 Å². The van der Waals surface area contributed by atoms with Crippen molar-refractivity contribution < 1.29 is 0 Å². The second kappa shape index (κ2) is 7.41. The average molecular weight is 292 g/mol. The fourth-order valence-corrected chi connectivity index (χ4v) is 3.13. The summed E-state index contributed by atoms with van der Waals surface area (Å²) in [5.74, 6) is 0.738. The molecule has 1 aliphatic rings. The second-order valence-electron chi connectivity index (χ2n) is 6.48. The maximum Gasteiger partial charge on any atom is 0.0625 e. The van der Waals surface area contributed by atoms with E-state index in [-0.39, 0.29) is 0 Å². The van der Waals surface area contributed by atoms with E-state index in [4.69, 9.17) is 0 Å². The van der Waals surface area contributed by atoms with Gasteiger partial charge in [0, 0.05) is 38.3 Å². The van der Waals surface area contributed by atoms with Gasteiger partial charge in [0.15, 0.2) is 0 Å². The van der Waals surface area contributed by atoms with Gasteiger partial charge >= 0.3 is 0 Å². The van der Waals surface area contributed by atoms with E-state index in [1.807, 2.05) is 0 Å². The number of nitrogens with zero attached hydrogens (tertiary/aromatic N) is 3. The zero-order valence-electron chi connectivity index (χ0n) is 14.4. The maximum atomic E-state index is 4.68.